The Labute approximate surface area is 142 Å². The monoisotopic (exact) mass is 316 g/mol. The van der Waals surface area contributed by atoms with Gasteiger partial charge in [-0.3, -0.25) is 4.79 Å². The van der Waals surface area contributed by atoms with E-state index in [2.05, 4.69) is 25.1 Å². The summed E-state index contributed by atoms with van der Waals surface area (Å²) >= 11 is 0. The summed E-state index contributed by atoms with van der Waals surface area (Å²) in [5.74, 6) is 0.469. The summed E-state index contributed by atoms with van der Waals surface area (Å²) in [6.45, 7) is 3.64. The minimum Gasteiger partial charge on any atom is -0.334 e. The topological polar surface area (TPSA) is 25.2 Å². The van der Waals surface area contributed by atoms with Gasteiger partial charge in [0, 0.05) is 36.7 Å². The molecule has 1 amide bonds. The molecule has 1 aliphatic heterocycles. The van der Waals surface area contributed by atoms with E-state index in [1.165, 1.54) is 11.1 Å². The molecule has 1 aliphatic rings. The van der Waals surface area contributed by atoms with Gasteiger partial charge in [-0.2, -0.15) is 0 Å². The van der Waals surface area contributed by atoms with Crippen molar-refractivity contribution in [2.45, 2.75) is 19.4 Å². The highest BCUT2D eigenvalue weighted by atomic mass is 16.2. The van der Waals surface area contributed by atoms with Crippen molar-refractivity contribution in [1.29, 1.82) is 0 Å². The Morgan fingerprint density at radius 3 is 2.62 bits per heavy atom. The number of fused-ring (bicyclic) bond motifs is 1. The number of carbonyl (C=O) groups excluding carboxylic acids is 1. The summed E-state index contributed by atoms with van der Waals surface area (Å²) in [7, 11) is 0. The molecule has 0 bridgehead atoms. The van der Waals surface area contributed by atoms with Gasteiger partial charge < -0.3 is 9.47 Å². The number of hydrogen-bond donors (Lipinski definition) is 0. The Hall–Kier alpha value is -2.81. The average Bonchev–Trinajstić information content (AvgIpc) is 3.16. The minimum atomic E-state index is 0.102. The van der Waals surface area contributed by atoms with Gasteiger partial charge in [-0.15, -0.1) is 0 Å². The van der Waals surface area contributed by atoms with Crippen LogP contribution in [-0.4, -0.2) is 21.9 Å². The maximum Gasteiger partial charge on any atom is 0.254 e. The molecule has 4 rings (SSSR count). The molecule has 0 fully saturated rings. The van der Waals surface area contributed by atoms with Crippen molar-refractivity contribution in [3.63, 3.8) is 0 Å². The van der Waals surface area contributed by atoms with Crippen LogP contribution in [0.15, 0.2) is 73.1 Å². The van der Waals surface area contributed by atoms with Gasteiger partial charge in [0.25, 0.3) is 5.91 Å². The first-order chi connectivity index (χ1) is 11.7. The Kier molecular flexibility index (Phi) is 3.69. The molecule has 2 aromatic carbocycles. The summed E-state index contributed by atoms with van der Waals surface area (Å²) in [5.41, 5.74) is 4.37. The van der Waals surface area contributed by atoms with E-state index in [1.807, 2.05) is 64.3 Å². The van der Waals surface area contributed by atoms with E-state index in [0.29, 0.717) is 12.5 Å². The highest BCUT2D eigenvalue weighted by Crippen LogP contribution is 2.28. The van der Waals surface area contributed by atoms with Gasteiger partial charge in [0.2, 0.25) is 0 Å². The largest absolute Gasteiger partial charge is 0.334 e. The third-order valence-corrected chi connectivity index (χ3v) is 4.72. The van der Waals surface area contributed by atoms with Crippen LogP contribution in [0.4, 0.5) is 0 Å². The smallest absolute Gasteiger partial charge is 0.254 e. The van der Waals surface area contributed by atoms with Crippen molar-refractivity contribution in [3.8, 4) is 5.69 Å². The van der Waals surface area contributed by atoms with Gasteiger partial charge in [0.05, 0.1) is 0 Å². The van der Waals surface area contributed by atoms with Crippen LogP contribution in [0.2, 0.25) is 0 Å². The lowest BCUT2D eigenvalue weighted by molar-refractivity contribution is 0.0721. The molecule has 24 heavy (non-hydrogen) atoms. The molecule has 3 nitrogen and oxygen atoms in total. The highest BCUT2D eigenvalue weighted by Gasteiger charge is 2.26. The van der Waals surface area contributed by atoms with Gasteiger partial charge in [0.1, 0.15) is 0 Å². The normalized spacial score (nSPS) is 16.7. The van der Waals surface area contributed by atoms with E-state index in [-0.39, 0.29) is 5.91 Å². The molecule has 1 atom stereocenters. The number of nitrogens with zero attached hydrogens (tertiary/aromatic N) is 2. The second kappa shape index (κ2) is 6.00. The van der Waals surface area contributed by atoms with Crippen molar-refractivity contribution in [2.75, 3.05) is 6.54 Å². The Bertz CT molecular complexity index is 867. The Morgan fingerprint density at radius 1 is 1.00 bits per heavy atom. The molecule has 0 aliphatic carbocycles. The van der Waals surface area contributed by atoms with E-state index in [1.54, 1.807) is 0 Å². The zero-order chi connectivity index (χ0) is 16.5. The molecule has 2 heterocycles. The molecule has 3 heteroatoms. The molecule has 0 radical (unpaired) electrons. The van der Waals surface area contributed by atoms with Gasteiger partial charge in [-0.05, 0) is 47.4 Å². The van der Waals surface area contributed by atoms with Crippen LogP contribution < -0.4 is 0 Å². The molecule has 0 spiro atoms. The Morgan fingerprint density at radius 2 is 1.79 bits per heavy atom. The molecule has 3 aromatic rings. The molecule has 0 saturated carbocycles. The molecular weight excluding hydrogens is 296 g/mol. The lowest BCUT2D eigenvalue weighted by atomic mass is 9.91. The second-order valence-electron chi connectivity index (χ2n) is 6.43. The number of aromatic nitrogens is 1. The Balaban J connectivity index is 1.62. The van der Waals surface area contributed by atoms with Crippen molar-refractivity contribution in [3.05, 3.63) is 89.7 Å². The van der Waals surface area contributed by atoms with Gasteiger partial charge in [0.15, 0.2) is 0 Å². The van der Waals surface area contributed by atoms with E-state index >= 15 is 0 Å². The maximum atomic E-state index is 13.0. The van der Waals surface area contributed by atoms with E-state index in [4.69, 9.17) is 0 Å². The first kappa shape index (κ1) is 14.8. The molecule has 120 valence electrons. The van der Waals surface area contributed by atoms with Crippen LogP contribution in [0.25, 0.3) is 5.69 Å². The van der Waals surface area contributed by atoms with Crippen molar-refractivity contribution in [1.82, 2.24) is 9.47 Å². The predicted octanol–water partition coefficient (Wildman–Crippen LogP) is 4.24. The fourth-order valence-corrected chi connectivity index (χ4v) is 3.50. The SMILES string of the molecule is CC1CN(C(=O)c2cccc(-n3cccc3)c2)Cc2ccccc21. The van der Waals surface area contributed by atoms with Gasteiger partial charge >= 0.3 is 0 Å². The molecule has 0 N–H and O–H groups in total. The van der Waals surface area contributed by atoms with Crippen LogP contribution in [0.5, 0.6) is 0 Å². The number of rotatable bonds is 2. The average molecular weight is 316 g/mol. The number of carbonyl (C=O) groups is 1. The predicted molar refractivity (Wildman–Crippen MR) is 95.4 cm³/mol. The summed E-state index contributed by atoms with van der Waals surface area (Å²) in [6.07, 6.45) is 3.98. The molecule has 1 unspecified atom stereocenters. The van der Waals surface area contributed by atoms with Gasteiger partial charge in [-0.25, -0.2) is 0 Å². The van der Waals surface area contributed by atoms with E-state index in [0.717, 1.165) is 17.8 Å². The third-order valence-electron chi connectivity index (χ3n) is 4.72. The van der Waals surface area contributed by atoms with Crippen LogP contribution in [0, 0.1) is 0 Å². The molecule has 1 aromatic heterocycles. The van der Waals surface area contributed by atoms with Crippen LogP contribution in [0.1, 0.15) is 34.3 Å². The minimum absolute atomic E-state index is 0.102. The second-order valence-corrected chi connectivity index (χ2v) is 6.43. The summed E-state index contributed by atoms with van der Waals surface area (Å²) < 4.78 is 2.02. The quantitative estimate of drug-likeness (QED) is 0.694. The first-order valence-electron chi connectivity index (χ1n) is 8.33. The lowest BCUT2D eigenvalue weighted by Gasteiger charge is -2.33. The van der Waals surface area contributed by atoms with Gasteiger partial charge in [-0.1, -0.05) is 37.3 Å². The fraction of sp³-hybridized carbons (Fsp3) is 0.190. The van der Waals surface area contributed by atoms with Crippen LogP contribution >= 0.6 is 0 Å². The number of benzene rings is 2. The fourth-order valence-electron chi connectivity index (χ4n) is 3.50. The van der Waals surface area contributed by atoms with E-state index in [9.17, 15) is 4.79 Å². The van der Waals surface area contributed by atoms with Crippen LogP contribution in [-0.2, 0) is 6.54 Å². The van der Waals surface area contributed by atoms with Crippen molar-refractivity contribution in [2.24, 2.45) is 0 Å². The highest BCUT2D eigenvalue weighted by molar-refractivity contribution is 5.95. The number of hydrogen-bond acceptors (Lipinski definition) is 1. The van der Waals surface area contributed by atoms with Crippen molar-refractivity contribution < 1.29 is 4.79 Å². The third kappa shape index (κ3) is 2.62. The number of amides is 1. The van der Waals surface area contributed by atoms with Crippen molar-refractivity contribution >= 4 is 5.91 Å². The first-order valence-corrected chi connectivity index (χ1v) is 8.33. The zero-order valence-electron chi connectivity index (χ0n) is 13.7. The molecule has 0 saturated heterocycles. The summed E-state index contributed by atoms with van der Waals surface area (Å²) in [5, 5.41) is 0. The zero-order valence-corrected chi connectivity index (χ0v) is 13.7. The van der Waals surface area contributed by atoms with Crippen LogP contribution in [0.3, 0.4) is 0 Å². The van der Waals surface area contributed by atoms with E-state index < -0.39 is 0 Å². The summed E-state index contributed by atoms with van der Waals surface area (Å²) in [6, 6.07) is 20.2. The lowest BCUT2D eigenvalue weighted by Crippen LogP contribution is -2.37. The molecular formula is C21H20N2O. The summed E-state index contributed by atoms with van der Waals surface area (Å²) in [4.78, 5) is 15.0. The maximum absolute atomic E-state index is 13.0. The standard InChI is InChI=1S/C21H20N2O/c1-16-14-23(15-18-7-2-3-10-20(16)18)21(24)17-8-6-9-19(13-17)22-11-4-5-12-22/h2-13,16H,14-15H2,1H3.